The third-order valence-corrected chi connectivity index (χ3v) is 3.90. The molecule has 1 aromatic rings. The number of amidine groups is 1. The maximum atomic E-state index is 7.48. The molecule has 19 heavy (non-hydrogen) atoms. The Labute approximate surface area is 124 Å². The molecule has 0 unspecified atom stereocenters. The number of hydrogen-bond acceptors (Lipinski definition) is 2. The van der Waals surface area contributed by atoms with Crippen LogP contribution in [0.4, 0.5) is 0 Å². The third-order valence-electron chi connectivity index (χ3n) is 3.10. The molecule has 1 aromatic carbocycles. The molecule has 106 valence electrons. The summed E-state index contributed by atoms with van der Waals surface area (Å²) >= 11 is 11.9. The normalized spacial score (nSPS) is 11.4. The molecular formula is C14H20Cl2N2O. The Hall–Kier alpha value is -0.930. The van der Waals surface area contributed by atoms with Crippen molar-refractivity contribution in [2.45, 2.75) is 33.1 Å². The van der Waals surface area contributed by atoms with Crippen LogP contribution in [0.25, 0.3) is 0 Å². The van der Waals surface area contributed by atoms with Crippen molar-refractivity contribution in [2.24, 2.45) is 11.1 Å². The van der Waals surface area contributed by atoms with Gasteiger partial charge in [-0.05, 0) is 31.4 Å². The van der Waals surface area contributed by atoms with Crippen LogP contribution in [-0.2, 0) is 0 Å². The van der Waals surface area contributed by atoms with Gasteiger partial charge in [-0.3, -0.25) is 5.41 Å². The first-order valence-electron chi connectivity index (χ1n) is 6.26. The zero-order valence-corrected chi connectivity index (χ0v) is 12.8. The van der Waals surface area contributed by atoms with E-state index in [4.69, 9.17) is 39.1 Å². The largest absolute Gasteiger partial charge is 0.492 e. The van der Waals surface area contributed by atoms with E-state index in [-0.39, 0.29) is 11.3 Å². The second-order valence-electron chi connectivity index (χ2n) is 5.16. The molecule has 0 spiro atoms. The van der Waals surface area contributed by atoms with E-state index in [2.05, 4.69) is 0 Å². The molecule has 0 saturated carbocycles. The number of benzene rings is 1. The first kappa shape index (κ1) is 16.1. The summed E-state index contributed by atoms with van der Waals surface area (Å²) < 4.78 is 5.59. The maximum Gasteiger partial charge on any atom is 0.139 e. The van der Waals surface area contributed by atoms with Gasteiger partial charge in [-0.15, -0.1) is 0 Å². The van der Waals surface area contributed by atoms with E-state index < -0.39 is 0 Å². The van der Waals surface area contributed by atoms with E-state index in [9.17, 15) is 0 Å². The van der Waals surface area contributed by atoms with Crippen molar-refractivity contribution in [2.75, 3.05) is 6.61 Å². The van der Waals surface area contributed by atoms with Crippen LogP contribution < -0.4 is 10.5 Å². The molecule has 0 aliphatic carbocycles. The summed E-state index contributed by atoms with van der Waals surface area (Å²) in [5.41, 5.74) is 5.29. The highest BCUT2D eigenvalue weighted by molar-refractivity contribution is 6.42. The summed E-state index contributed by atoms with van der Waals surface area (Å²) in [4.78, 5) is 0. The number of hydrogen-bond donors (Lipinski definition) is 2. The van der Waals surface area contributed by atoms with Gasteiger partial charge in [0.05, 0.1) is 17.5 Å². The second-order valence-corrected chi connectivity index (χ2v) is 5.94. The molecule has 0 bridgehead atoms. The average Bonchev–Trinajstić information content (AvgIpc) is 2.33. The molecule has 0 heterocycles. The van der Waals surface area contributed by atoms with E-state index in [0.29, 0.717) is 22.4 Å². The molecule has 0 radical (unpaired) electrons. The van der Waals surface area contributed by atoms with E-state index in [1.54, 1.807) is 12.1 Å². The first-order chi connectivity index (χ1) is 8.84. The Morgan fingerprint density at radius 1 is 1.32 bits per heavy atom. The van der Waals surface area contributed by atoms with E-state index >= 15 is 0 Å². The summed E-state index contributed by atoms with van der Waals surface area (Å²) in [6, 6.07) is 5.34. The van der Waals surface area contributed by atoms with Crippen molar-refractivity contribution < 1.29 is 4.74 Å². The zero-order valence-electron chi connectivity index (χ0n) is 11.3. The fourth-order valence-corrected chi connectivity index (χ4v) is 1.93. The number of halogens is 2. The number of nitrogens with two attached hydrogens (primary N) is 1. The predicted octanol–water partition coefficient (Wildman–Crippen LogP) is 4.50. The van der Waals surface area contributed by atoms with Crippen LogP contribution >= 0.6 is 23.2 Å². The number of nitrogens with one attached hydrogen (secondary N) is 1. The Morgan fingerprint density at radius 3 is 2.63 bits per heavy atom. The van der Waals surface area contributed by atoms with Gasteiger partial charge in [0, 0.05) is 5.41 Å². The van der Waals surface area contributed by atoms with Crippen molar-refractivity contribution in [1.29, 1.82) is 5.41 Å². The van der Waals surface area contributed by atoms with Crippen molar-refractivity contribution in [3.05, 3.63) is 28.2 Å². The minimum atomic E-state index is -0.242. The van der Waals surface area contributed by atoms with Gasteiger partial charge < -0.3 is 10.5 Å². The van der Waals surface area contributed by atoms with Crippen LogP contribution in [0, 0.1) is 10.8 Å². The Balaban J connectivity index is 2.32. The van der Waals surface area contributed by atoms with Gasteiger partial charge in [0.25, 0.3) is 0 Å². The molecule has 0 aromatic heterocycles. The van der Waals surface area contributed by atoms with Gasteiger partial charge in [0.1, 0.15) is 10.8 Å². The predicted molar refractivity (Wildman–Crippen MR) is 81.5 cm³/mol. The highest BCUT2D eigenvalue weighted by Gasteiger charge is 2.20. The molecule has 0 amide bonds. The number of unbranched alkanes of at least 4 members (excludes halogenated alkanes) is 1. The van der Waals surface area contributed by atoms with E-state index in [0.717, 1.165) is 19.3 Å². The van der Waals surface area contributed by atoms with Crippen LogP contribution in [0.15, 0.2) is 18.2 Å². The molecule has 0 fully saturated rings. The summed E-state index contributed by atoms with van der Waals surface area (Å²) in [6.07, 6.45) is 2.71. The highest BCUT2D eigenvalue weighted by atomic mass is 35.5. The standard InChI is InChI=1S/C14H20Cl2N2O/c1-14(2,13(17)18)8-3-4-9-19-11-7-5-6-10(15)12(11)16/h5-7H,3-4,8-9H2,1-2H3,(H3,17,18). The minimum absolute atomic E-state index is 0.228. The number of rotatable bonds is 7. The van der Waals surface area contributed by atoms with Crippen LogP contribution in [0.5, 0.6) is 5.75 Å². The Kier molecular flexibility index (Phi) is 5.95. The van der Waals surface area contributed by atoms with Gasteiger partial charge in [0.2, 0.25) is 0 Å². The van der Waals surface area contributed by atoms with Crippen LogP contribution in [0.1, 0.15) is 33.1 Å². The summed E-state index contributed by atoms with van der Waals surface area (Å²) in [6.45, 7) is 4.53. The van der Waals surface area contributed by atoms with E-state index in [1.165, 1.54) is 0 Å². The molecule has 0 saturated heterocycles. The number of ether oxygens (including phenoxy) is 1. The molecule has 1 rings (SSSR count). The molecule has 3 N–H and O–H groups in total. The lowest BCUT2D eigenvalue weighted by Gasteiger charge is -2.22. The quantitative estimate of drug-likeness (QED) is 0.442. The first-order valence-corrected chi connectivity index (χ1v) is 7.01. The maximum absolute atomic E-state index is 7.48. The summed E-state index contributed by atoms with van der Waals surface area (Å²) in [7, 11) is 0. The molecule has 5 heteroatoms. The van der Waals surface area contributed by atoms with Crippen LogP contribution in [0.2, 0.25) is 10.0 Å². The fourth-order valence-electron chi connectivity index (χ4n) is 1.58. The fraction of sp³-hybridized carbons (Fsp3) is 0.500. The lowest BCUT2D eigenvalue weighted by atomic mass is 9.86. The Bertz CT molecular complexity index is 447. The summed E-state index contributed by atoms with van der Waals surface area (Å²) in [5, 5.41) is 8.43. The second kappa shape index (κ2) is 7.01. The van der Waals surface area contributed by atoms with Crippen LogP contribution in [-0.4, -0.2) is 12.4 Å². The monoisotopic (exact) mass is 302 g/mol. The SMILES string of the molecule is CC(C)(CCCCOc1cccc(Cl)c1Cl)C(=N)N. The molecular weight excluding hydrogens is 283 g/mol. The van der Waals surface area contributed by atoms with Crippen molar-refractivity contribution in [3.63, 3.8) is 0 Å². The topological polar surface area (TPSA) is 59.1 Å². The van der Waals surface area contributed by atoms with Gasteiger partial charge >= 0.3 is 0 Å². The molecule has 3 nitrogen and oxygen atoms in total. The van der Waals surface area contributed by atoms with Crippen molar-refractivity contribution >= 4 is 29.0 Å². The Morgan fingerprint density at radius 2 is 2.00 bits per heavy atom. The molecule has 0 aliphatic rings. The summed E-state index contributed by atoms with van der Waals surface area (Å²) in [5.74, 6) is 0.839. The van der Waals surface area contributed by atoms with Gasteiger partial charge in [-0.1, -0.05) is 43.1 Å². The highest BCUT2D eigenvalue weighted by Crippen LogP contribution is 2.31. The average molecular weight is 303 g/mol. The molecule has 0 atom stereocenters. The minimum Gasteiger partial charge on any atom is -0.492 e. The van der Waals surface area contributed by atoms with Gasteiger partial charge in [-0.25, -0.2) is 0 Å². The van der Waals surface area contributed by atoms with E-state index in [1.807, 2.05) is 19.9 Å². The van der Waals surface area contributed by atoms with Gasteiger partial charge in [0.15, 0.2) is 0 Å². The van der Waals surface area contributed by atoms with Crippen LogP contribution in [0.3, 0.4) is 0 Å². The van der Waals surface area contributed by atoms with Crippen molar-refractivity contribution in [1.82, 2.24) is 0 Å². The lowest BCUT2D eigenvalue weighted by Crippen LogP contribution is -2.30. The van der Waals surface area contributed by atoms with Crippen molar-refractivity contribution in [3.8, 4) is 5.75 Å². The molecule has 0 aliphatic heterocycles. The van der Waals surface area contributed by atoms with Gasteiger partial charge in [-0.2, -0.15) is 0 Å². The third kappa shape index (κ3) is 4.92. The zero-order chi connectivity index (χ0) is 14.5. The smallest absolute Gasteiger partial charge is 0.139 e. The lowest BCUT2D eigenvalue weighted by molar-refractivity contribution is 0.296.